The third kappa shape index (κ3) is 2.89. The third-order valence-corrected chi connectivity index (χ3v) is 7.22. The van der Waals surface area contributed by atoms with Gasteiger partial charge < -0.3 is 5.32 Å². The second-order valence-electron chi connectivity index (χ2n) is 5.15. The van der Waals surface area contributed by atoms with E-state index in [0.29, 0.717) is 6.42 Å². The SMILES string of the molecule is CNC1CCCC1S(=O)(=O)c1ccc(S(C)(=O)=O)cc1. The highest BCUT2D eigenvalue weighted by atomic mass is 32.2. The maximum atomic E-state index is 12.6. The highest BCUT2D eigenvalue weighted by Gasteiger charge is 2.37. The summed E-state index contributed by atoms with van der Waals surface area (Å²) in [6.45, 7) is 0. The predicted molar refractivity (Wildman–Crippen MR) is 77.2 cm³/mol. The fourth-order valence-corrected chi connectivity index (χ4v) is 5.36. The van der Waals surface area contributed by atoms with Gasteiger partial charge in [0, 0.05) is 12.3 Å². The molecule has 0 saturated heterocycles. The Bertz CT molecular complexity index is 678. The molecule has 1 aromatic rings. The molecular weight excluding hydrogens is 298 g/mol. The van der Waals surface area contributed by atoms with Crippen molar-refractivity contribution in [1.82, 2.24) is 5.32 Å². The van der Waals surface area contributed by atoms with Gasteiger partial charge in [-0.05, 0) is 44.2 Å². The van der Waals surface area contributed by atoms with Gasteiger partial charge >= 0.3 is 0 Å². The highest BCUT2D eigenvalue weighted by Crippen LogP contribution is 2.30. The molecule has 0 aliphatic heterocycles. The Morgan fingerprint density at radius 1 is 1.00 bits per heavy atom. The second kappa shape index (κ2) is 5.46. The molecule has 2 rings (SSSR count). The Balaban J connectivity index is 2.35. The molecule has 0 radical (unpaired) electrons. The van der Waals surface area contributed by atoms with E-state index in [1.165, 1.54) is 24.3 Å². The van der Waals surface area contributed by atoms with E-state index in [4.69, 9.17) is 0 Å². The van der Waals surface area contributed by atoms with E-state index in [9.17, 15) is 16.8 Å². The molecule has 1 fully saturated rings. The van der Waals surface area contributed by atoms with Crippen LogP contribution in [0, 0.1) is 0 Å². The van der Waals surface area contributed by atoms with Crippen LogP contribution in [0.2, 0.25) is 0 Å². The first-order valence-electron chi connectivity index (χ1n) is 6.48. The molecule has 5 nitrogen and oxygen atoms in total. The molecule has 0 amide bonds. The lowest BCUT2D eigenvalue weighted by atomic mass is 10.2. The fraction of sp³-hybridized carbons (Fsp3) is 0.538. The summed E-state index contributed by atoms with van der Waals surface area (Å²) in [7, 11) is -4.96. The molecule has 1 N–H and O–H groups in total. The van der Waals surface area contributed by atoms with Crippen LogP contribution in [0.5, 0.6) is 0 Å². The minimum Gasteiger partial charge on any atom is -0.316 e. The van der Waals surface area contributed by atoms with E-state index in [0.717, 1.165) is 19.1 Å². The minimum atomic E-state index is -3.42. The molecule has 1 aromatic carbocycles. The molecule has 1 aliphatic rings. The summed E-state index contributed by atoms with van der Waals surface area (Å²) >= 11 is 0. The van der Waals surface area contributed by atoms with Crippen LogP contribution >= 0.6 is 0 Å². The Morgan fingerprint density at radius 2 is 1.55 bits per heavy atom. The van der Waals surface area contributed by atoms with Crippen LogP contribution in [-0.4, -0.2) is 41.4 Å². The van der Waals surface area contributed by atoms with Crippen molar-refractivity contribution >= 4 is 19.7 Å². The van der Waals surface area contributed by atoms with E-state index >= 15 is 0 Å². The fourth-order valence-electron chi connectivity index (χ4n) is 2.68. The molecular formula is C13H19NO4S2. The molecule has 20 heavy (non-hydrogen) atoms. The monoisotopic (exact) mass is 317 g/mol. The van der Waals surface area contributed by atoms with Crippen molar-refractivity contribution in [3.63, 3.8) is 0 Å². The van der Waals surface area contributed by atoms with Gasteiger partial charge in [-0.3, -0.25) is 0 Å². The Morgan fingerprint density at radius 3 is 2.05 bits per heavy atom. The van der Waals surface area contributed by atoms with Crippen molar-refractivity contribution in [2.24, 2.45) is 0 Å². The average Bonchev–Trinajstić information content (AvgIpc) is 2.87. The zero-order chi connectivity index (χ0) is 15.0. The molecule has 0 bridgehead atoms. The normalized spacial score (nSPS) is 23.9. The first-order chi connectivity index (χ1) is 9.26. The van der Waals surface area contributed by atoms with E-state index in [2.05, 4.69) is 5.32 Å². The van der Waals surface area contributed by atoms with Crippen LogP contribution in [0.3, 0.4) is 0 Å². The van der Waals surface area contributed by atoms with Crippen molar-refractivity contribution in [2.45, 2.75) is 40.3 Å². The van der Waals surface area contributed by atoms with Gasteiger partial charge in [0.15, 0.2) is 19.7 Å². The minimum absolute atomic E-state index is 0.0328. The first-order valence-corrected chi connectivity index (χ1v) is 9.92. The zero-order valence-electron chi connectivity index (χ0n) is 11.5. The molecule has 2 unspecified atom stereocenters. The number of hydrogen-bond acceptors (Lipinski definition) is 5. The molecule has 0 aromatic heterocycles. The van der Waals surface area contributed by atoms with Crippen molar-refractivity contribution in [3.8, 4) is 0 Å². The van der Waals surface area contributed by atoms with Crippen molar-refractivity contribution < 1.29 is 16.8 Å². The van der Waals surface area contributed by atoms with Crippen molar-refractivity contribution in [1.29, 1.82) is 0 Å². The summed E-state index contributed by atoms with van der Waals surface area (Å²) in [6, 6.07) is 5.44. The standard InChI is InChI=1S/C13H19NO4S2/c1-14-12-4-3-5-13(12)20(17,18)11-8-6-10(7-9-11)19(2,15)16/h6-9,12-14H,3-5H2,1-2H3. The topological polar surface area (TPSA) is 80.3 Å². The molecule has 2 atom stereocenters. The Kier molecular flexibility index (Phi) is 4.22. The van der Waals surface area contributed by atoms with Gasteiger partial charge in [-0.15, -0.1) is 0 Å². The van der Waals surface area contributed by atoms with Gasteiger partial charge in [-0.25, -0.2) is 16.8 Å². The number of hydrogen-bond donors (Lipinski definition) is 1. The zero-order valence-corrected chi connectivity index (χ0v) is 13.2. The van der Waals surface area contributed by atoms with Crippen LogP contribution in [0.25, 0.3) is 0 Å². The molecule has 7 heteroatoms. The molecule has 0 heterocycles. The Labute approximate surface area is 120 Å². The lowest BCUT2D eigenvalue weighted by Gasteiger charge is -2.19. The molecule has 1 saturated carbocycles. The summed E-state index contributed by atoms with van der Waals surface area (Å²) in [6.07, 6.45) is 3.48. The smallest absolute Gasteiger partial charge is 0.182 e. The van der Waals surface area contributed by atoms with Crippen LogP contribution in [0.15, 0.2) is 34.1 Å². The number of benzene rings is 1. The lowest BCUT2D eigenvalue weighted by Crippen LogP contribution is -2.38. The van der Waals surface area contributed by atoms with Crippen LogP contribution in [0.1, 0.15) is 19.3 Å². The van der Waals surface area contributed by atoms with Crippen molar-refractivity contribution in [3.05, 3.63) is 24.3 Å². The molecule has 1 aliphatic carbocycles. The Hall–Kier alpha value is -0.920. The van der Waals surface area contributed by atoms with Crippen molar-refractivity contribution in [2.75, 3.05) is 13.3 Å². The van der Waals surface area contributed by atoms with Crippen LogP contribution in [0.4, 0.5) is 0 Å². The van der Waals surface area contributed by atoms with E-state index in [1.807, 2.05) is 0 Å². The summed E-state index contributed by atoms with van der Waals surface area (Å²) in [5.74, 6) is 0. The van der Waals surface area contributed by atoms with Gasteiger partial charge in [-0.1, -0.05) is 6.42 Å². The van der Waals surface area contributed by atoms with E-state index in [-0.39, 0.29) is 15.8 Å². The van der Waals surface area contributed by atoms with E-state index in [1.54, 1.807) is 7.05 Å². The predicted octanol–water partition coefficient (Wildman–Crippen LogP) is 1.00. The average molecular weight is 317 g/mol. The molecule has 0 spiro atoms. The second-order valence-corrected chi connectivity index (χ2v) is 9.34. The quantitative estimate of drug-likeness (QED) is 0.896. The van der Waals surface area contributed by atoms with Crippen LogP contribution in [-0.2, 0) is 19.7 Å². The third-order valence-electron chi connectivity index (χ3n) is 3.80. The first kappa shape index (κ1) is 15.5. The summed E-state index contributed by atoms with van der Waals surface area (Å²) < 4.78 is 47.9. The summed E-state index contributed by atoms with van der Waals surface area (Å²) in [5, 5.41) is 2.62. The lowest BCUT2D eigenvalue weighted by molar-refractivity contribution is 0.538. The van der Waals surface area contributed by atoms with Gasteiger partial charge in [0.25, 0.3) is 0 Å². The number of nitrogens with one attached hydrogen (secondary N) is 1. The van der Waals surface area contributed by atoms with Gasteiger partial charge in [0.2, 0.25) is 0 Å². The maximum Gasteiger partial charge on any atom is 0.182 e. The molecule has 112 valence electrons. The van der Waals surface area contributed by atoms with Gasteiger partial charge in [0.05, 0.1) is 15.0 Å². The number of sulfone groups is 2. The highest BCUT2D eigenvalue weighted by molar-refractivity contribution is 7.92. The summed E-state index contributed by atoms with van der Waals surface area (Å²) in [5.41, 5.74) is 0. The maximum absolute atomic E-state index is 12.6. The number of rotatable bonds is 4. The summed E-state index contributed by atoms with van der Waals surface area (Å²) in [4.78, 5) is 0.324. The van der Waals surface area contributed by atoms with E-state index < -0.39 is 24.9 Å². The van der Waals surface area contributed by atoms with Crippen LogP contribution < -0.4 is 5.32 Å². The van der Waals surface area contributed by atoms with Gasteiger partial charge in [-0.2, -0.15) is 0 Å². The van der Waals surface area contributed by atoms with Gasteiger partial charge in [0.1, 0.15) is 0 Å². The largest absolute Gasteiger partial charge is 0.316 e.